The Morgan fingerprint density at radius 1 is 1.41 bits per heavy atom. The van der Waals surface area contributed by atoms with Crippen LogP contribution in [0.4, 0.5) is 4.79 Å². The highest BCUT2D eigenvalue weighted by atomic mass is 16.5. The Balaban J connectivity index is 2.17. The van der Waals surface area contributed by atoms with Crippen LogP contribution in [0.25, 0.3) is 0 Å². The molecule has 17 heavy (non-hydrogen) atoms. The molecule has 0 spiro atoms. The van der Waals surface area contributed by atoms with Gasteiger partial charge in [0.2, 0.25) is 0 Å². The number of benzene rings is 1. The van der Waals surface area contributed by atoms with Crippen LogP contribution in [0.15, 0.2) is 30.3 Å². The van der Waals surface area contributed by atoms with Gasteiger partial charge in [0.1, 0.15) is 18.5 Å². The van der Waals surface area contributed by atoms with Crippen molar-refractivity contribution < 1.29 is 19.4 Å². The Morgan fingerprint density at radius 2 is 2.12 bits per heavy atom. The fourth-order valence-corrected chi connectivity index (χ4v) is 1.15. The van der Waals surface area contributed by atoms with Crippen molar-refractivity contribution in [2.45, 2.75) is 13.0 Å². The fourth-order valence-electron chi connectivity index (χ4n) is 1.15. The van der Waals surface area contributed by atoms with E-state index in [9.17, 15) is 9.90 Å². The van der Waals surface area contributed by atoms with Crippen molar-refractivity contribution in [1.82, 2.24) is 5.32 Å². The van der Waals surface area contributed by atoms with E-state index < -0.39 is 12.2 Å². The van der Waals surface area contributed by atoms with Crippen molar-refractivity contribution in [3.8, 4) is 5.75 Å². The predicted octanol–water partition coefficient (Wildman–Crippen LogP) is 1.17. The molecule has 0 saturated carbocycles. The molecular weight excluding hydrogens is 222 g/mol. The Bertz CT molecular complexity index is 329. The van der Waals surface area contributed by atoms with E-state index in [4.69, 9.17) is 4.74 Å². The molecular formula is C12H17NO4. The highest BCUT2D eigenvalue weighted by molar-refractivity contribution is 5.67. The summed E-state index contributed by atoms with van der Waals surface area (Å²) in [7, 11) is 0. The number of carbonyl (C=O) groups is 1. The Kier molecular flexibility index (Phi) is 5.88. The van der Waals surface area contributed by atoms with Gasteiger partial charge in [-0.2, -0.15) is 0 Å². The summed E-state index contributed by atoms with van der Waals surface area (Å²) in [5, 5.41) is 12.0. The summed E-state index contributed by atoms with van der Waals surface area (Å²) in [5.41, 5.74) is 0. The largest absolute Gasteiger partial charge is 0.491 e. The summed E-state index contributed by atoms with van der Waals surface area (Å²) in [5.74, 6) is 0.683. The topological polar surface area (TPSA) is 67.8 Å². The van der Waals surface area contributed by atoms with Crippen LogP contribution in [0.3, 0.4) is 0 Å². The zero-order valence-corrected chi connectivity index (χ0v) is 9.76. The molecule has 1 aromatic rings. The average molecular weight is 239 g/mol. The van der Waals surface area contributed by atoms with Crippen LogP contribution in [0.5, 0.6) is 5.75 Å². The first-order valence-corrected chi connectivity index (χ1v) is 5.49. The normalized spacial score (nSPS) is 11.6. The highest BCUT2D eigenvalue weighted by Gasteiger charge is 2.07. The van der Waals surface area contributed by atoms with Crippen molar-refractivity contribution in [2.75, 3.05) is 19.8 Å². The van der Waals surface area contributed by atoms with E-state index in [1.807, 2.05) is 18.2 Å². The fraction of sp³-hybridized carbons (Fsp3) is 0.417. The number of aliphatic hydroxyl groups is 1. The van der Waals surface area contributed by atoms with Gasteiger partial charge in [0.25, 0.3) is 0 Å². The molecule has 1 atom stereocenters. The number of amides is 1. The maximum absolute atomic E-state index is 10.9. The van der Waals surface area contributed by atoms with E-state index in [-0.39, 0.29) is 13.2 Å². The lowest BCUT2D eigenvalue weighted by Crippen LogP contribution is -2.35. The lowest BCUT2D eigenvalue weighted by atomic mass is 10.3. The third kappa shape index (κ3) is 5.77. The number of para-hydroxylation sites is 1. The van der Waals surface area contributed by atoms with Crippen LogP contribution >= 0.6 is 0 Å². The van der Waals surface area contributed by atoms with Crippen LogP contribution in [0.1, 0.15) is 6.92 Å². The van der Waals surface area contributed by atoms with Crippen molar-refractivity contribution in [1.29, 1.82) is 0 Å². The molecule has 0 unspecified atom stereocenters. The Labute approximate surface area is 100 Å². The van der Waals surface area contributed by atoms with Crippen LogP contribution in [-0.4, -0.2) is 37.1 Å². The van der Waals surface area contributed by atoms with Gasteiger partial charge < -0.3 is 19.9 Å². The molecule has 5 nitrogen and oxygen atoms in total. The SMILES string of the molecule is CCOC(=O)NC[C@@H](O)COc1ccccc1. The summed E-state index contributed by atoms with van der Waals surface area (Å²) in [6, 6.07) is 9.17. The molecule has 0 fully saturated rings. The zero-order valence-electron chi connectivity index (χ0n) is 9.76. The third-order valence-electron chi connectivity index (χ3n) is 1.94. The molecule has 0 aliphatic rings. The summed E-state index contributed by atoms with van der Waals surface area (Å²) < 4.78 is 9.97. The molecule has 94 valence electrons. The number of rotatable bonds is 6. The standard InChI is InChI=1S/C12H17NO4/c1-2-16-12(15)13-8-10(14)9-17-11-6-4-3-5-7-11/h3-7,10,14H,2,8-9H2,1H3,(H,13,15)/t10-/m1/s1. The van der Waals surface area contributed by atoms with E-state index >= 15 is 0 Å². The first-order chi connectivity index (χ1) is 8.22. The van der Waals surface area contributed by atoms with Gasteiger partial charge in [-0.1, -0.05) is 18.2 Å². The lowest BCUT2D eigenvalue weighted by molar-refractivity contribution is 0.0991. The van der Waals surface area contributed by atoms with Gasteiger partial charge in [-0.05, 0) is 19.1 Å². The minimum Gasteiger partial charge on any atom is -0.491 e. The predicted molar refractivity (Wildman–Crippen MR) is 63.0 cm³/mol. The van der Waals surface area contributed by atoms with Crippen molar-refractivity contribution in [3.05, 3.63) is 30.3 Å². The summed E-state index contributed by atoms with van der Waals surface area (Å²) in [4.78, 5) is 10.9. The molecule has 0 heterocycles. The second-order valence-corrected chi connectivity index (χ2v) is 3.38. The molecule has 0 aliphatic carbocycles. The first kappa shape index (κ1) is 13.3. The zero-order chi connectivity index (χ0) is 12.5. The summed E-state index contributed by atoms with van der Waals surface area (Å²) >= 11 is 0. The molecule has 0 bridgehead atoms. The molecule has 1 rings (SSSR count). The van der Waals surface area contributed by atoms with Crippen molar-refractivity contribution in [3.63, 3.8) is 0 Å². The molecule has 0 aromatic heterocycles. The van der Waals surface area contributed by atoms with E-state index in [2.05, 4.69) is 10.1 Å². The molecule has 1 amide bonds. The van der Waals surface area contributed by atoms with Gasteiger partial charge in [0.15, 0.2) is 0 Å². The number of hydrogen-bond acceptors (Lipinski definition) is 4. The van der Waals surface area contributed by atoms with Crippen LogP contribution in [0, 0.1) is 0 Å². The smallest absolute Gasteiger partial charge is 0.407 e. The van der Waals surface area contributed by atoms with Gasteiger partial charge in [-0.3, -0.25) is 0 Å². The van der Waals surface area contributed by atoms with Crippen molar-refractivity contribution in [2.24, 2.45) is 0 Å². The second kappa shape index (κ2) is 7.51. The number of ether oxygens (including phenoxy) is 2. The maximum Gasteiger partial charge on any atom is 0.407 e. The highest BCUT2D eigenvalue weighted by Crippen LogP contribution is 2.08. The van der Waals surface area contributed by atoms with Gasteiger partial charge in [-0.15, -0.1) is 0 Å². The minimum absolute atomic E-state index is 0.103. The van der Waals surface area contributed by atoms with E-state index in [0.29, 0.717) is 12.4 Å². The molecule has 2 N–H and O–H groups in total. The monoisotopic (exact) mass is 239 g/mol. The average Bonchev–Trinajstić information content (AvgIpc) is 2.35. The maximum atomic E-state index is 10.9. The molecule has 0 aliphatic heterocycles. The van der Waals surface area contributed by atoms with E-state index in [0.717, 1.165) is 0 Å². The van der Waals surface area contributed by atoms with Crippen LogP contribution in [0.2, 0.25) is 0 Å². The lowest BCUT2D eigenvalue weighted by Gasteiger charge is -2.12. The molecule has 1 aromatic carbocycles. The summed E-state index contributed by atoms with van der Waals surface area (Å²) in [6.45, 7) is 2.25. The number of hydrogen-bond donors (Lipinski definition) is 2. The first-order valence-electron chi connectivity index (χ1n) is 5.49. The van der Waals surface area contributed by atoms with Crippen LogP contribution in [-0.2, 0) is 4.74 Å². The number of nitrogens with one attached hydrogen (secondary N) is 1. The van der Waals surface area contributed by atoms with Gasteiger partial charge >= 0.3 is 6.09 Å². The van der Waals surface area contributed by atoms with Gasteiger partial charge in [-0.25, -0.2) is 4.79 Å². The second-order valence-electron chi connectivity index (χ2n) is 3.38. The quantitative estimate of drug-likeness (QED) is 0.782. The minimum atomic E-state index is -0.764. The Hall–Kier alpha value is -1.75. The third-order valence-corrected chi connectivity index (χ3v) is 1.94. The van der Waals surface area contributed by atoms with Gasteiger partial charge in [0, 0.05) is 0 Å². The molecule has 0 radical (unpaired) electrons. The number of carbonyl (C=O) groups excluding carboxylic acids is 1. The van der Waals surface area contributed by atoms with Gasteiger partial charge in [0.05, 0.1) is 13.2 Å². The van der Waals surface area contributed by atoms with E-state index in [1.165, 1.54) is 0 Å². The van der Waals surface area contributed by atoms with E-state index in [1.54, 1.807) is 19.1 Å². The van der Waals surface area contributed by atoms with Crippen LogP contribution < -0.4 is 10.1 Å². The Morgan fingerprint density at radius 3 is 2.76 bits per heavy atom. The number of alkyl carbamates (subject to hydrolysis) is 1. The molecule has 0 saturated heterocycles. The van der Waals surface area contributed by atoms with Crippen molar-refractivity contribution >= 4 is 6.09 Å². The molecule has 5 heteroatoms. The number of aliphatic hydroxyl groups excluding tert-OH is 1. The summed E-state index contributed by atoms with van der Waals surface area (Å²) in [6.07, 6.45) is -1.30.